The van der Waals surface area contributed by atoms with Gasteiger partial charge in [-0.1, -0.05) is 28.1 Å². The Kier molecular flexibility index (Phi) is 6.68. The van der Waals surface area contributed by atoms with Gasteiger partial charge in [-0.2, -0.15) is 5.10 Å². The number of nitrogens with zero attached hydrogens (tertiary/aromatic N) is 2. The number of para-hydroxylation sites is 2. The van der Waals surface area contributed by atoms with Gasteiger partial charge in [0.25, 0.3) is 0 Å². The van der Waals surface area contributed by atoms with Gasteiger partial charge in [-0.3, -0.25) is 9.59 Å². The normalized spacial score (nSPS) is 10.8. The topological polar surface area (TPSA) is 84.7 Å². The lowest BCUT2D eigenvalue weighted by Gasteiger charge is -2.09. The van der Waals surface area contributed by atoms with Crippen LogP contribution in [0.1, 0.15) is 17.0 Å². The number of benzene rings is 2. The third-order valence-electron chi connectivity index (χ3n) is 4.49. The lowest BCUT2D eigenvalue weighted by Crippen LogP contribution is -2.32. The number of methoxy groups -OCH3 is 1. The summed E-state index contributed by atoms with van der Waals surface area (Å²) < 4.78 is 8.25. The fraction of sp³-hybridized carbons (Fsp3) is 0.136. The Morgan fingerprint density at radius 1 is 1.07 bits per heavy atom. The number of amides is 2. The van der Waals surface area contributed by atoms with Gasteiger partial charge in [0.15, 0.2) is 0 Å². The van der Waals surface area contributed by atoms with Gasteiger partial charge < -0.3 is 14.6 Å². The van der Waals surface area contributed by atoms with Crippen LogP contribution in [0.2, 0.25) is 0 Å². The smallest absolute Gasteiger partial charge is 0.329 e. The Balaban J connectivity index is 1.68. The van der Waals surface area contributed by atoms with Crippen molar-refractivity contribution in [2.75, 3.05) is 12.4 Å². The number of hydrogen-bond donors (Lipinski definition) is 2. The number of ether oxygens (including phenoxy) is 1. The number of hydrazone groups is 1. The lowest BCUT2D eigenvalue weighted by atomic mass is 10.2. The summed E-state index contributed by atoms with van der Waals surface area (Å²) >= 11 is 3.44. The Morgan fingerprint density at radius 3 is 2.47 bits per heavy atom. The van der Waals surface area contributed by atoms with Crippen molar-refractivity contribution in [3.05, 3.63) is 76.0 Å². The number of carbonyl (C=O) groups excluding carboxylic acids is 2. The van der Waals surface area contributed by atoms with E-state index in [0.29, 0.717) is 11.4 Å². The molecule has 0 aliphatic heterocycles. The number of anilines is 1. The molecule has 1 heterocycles. The molecule has 3 rings (SSSR count). The SMILES string of the molecule is COc1ccccc1NC(=O)C(=O)N/N=C\c1cc(C)n(-c2ccc(Br)cc2)c1C. The van der Waals surface area contributed by atoms with Crippen LogP contribution in [0, 0.1) is 13.8 Å². The highest BCUT2D eigenvalue weighted by atomic mass is 79.9. The van der Waals surface area contributed by atoms with Crippen LogP contribution in [0.4, 0.5) is 5.69 Å². The molecule has 0 aliphatic rings. The third kappa shape index (κ3) is 4.77. The van der Waals surface area contributed by atoms with E-state index < -0.39 is 11.8 Å². The van der Waals surface area contributed by atoms with Crippen LogP contribution in [0.25, 0.3) is 5.69 Å². The first-order chi connectivity index (χ1) is 14.4. The van der Waals surface area contributed by atoms with Crippen LogP contribution in [-0.4, -0.2) is 29.7 Å². The van der Waals surface area contributed by atoms with Crippen molar-refractivity contribution >= 4 is 39.6 Å². The van der Waals surface area contributed by atoms with E-state index in [1.54, 1.807) is 24.3 Å². The highest BCUT2D eigenvalue weighted by Gasteiger charge is 2.15. The molecule has 0 fully saturated rings. The maximum absolute atomic E-state index is 12.1. The molecule has 0 atom stereocenters. The molecule has 2 N–H and O–H groups in total. The zero-order chi connectivity index (χ0) is 21.7. The molecule has 0 saturated heterocycles. The van der Waals surface area contributed by atoms with Crippen LogP contribution >= 0.6 is 15.9 Å². The first-order valence-electron chi connectivity index (χ1n) is 9.13. The number of carbonyl (C=O) groups is 2. The van der Waals surface area contributed by atoms with E-state index in [9.17, 15) is 9.59 Å². The van der Waals surface area contributed by atoms with Crippen LogP contribution in [0.15, 0.2) is 64.2 Å². The highest BCUT2D eigenvalue weighted by Crippen LogP contribution is 2.23. The van der Waals surface area contributed by atoms with Crippen molar-refractivity contribution in [3.8, 4) is 11.4 Å². The zero-order valence-corrected chi connectivity index (χ0v) is 18.4. The number of hydrogen-bond acceptors (Lipinski definition) is 4. The van der Waals surface area contributed by atoms with Crippen molar-refractivity contribution in [1.82, 2.24) is 9.99 Å². The summed E-state index contributed by atoms with van der Waals surface area (Å²) in [7, 11) is 1.49. The van der Waals surface area contributed by atoms with Crippen molar-refractivity contribution in [3.63, 3.8) is 0 Å². The van der Waals surface area contributed by atoms with Crippen LogP contribution < -0.4 is 15.5 Å². The maximum Gasteiger partial charge on any atom is 0.329 e. The summed E-state index contributed by atoms with van der Waals surface area (Å²) in [6.45, 7) is 3.96. The number of aromatic nitrogens is 1. The minimum absolute atomic E-state index is 0.405. The summed E-state index contributed by atoms with van der Waals surface area (Å²) in [5.41, 5.74) is 6.50. The largest absolute Gasteiger partial charge is 0.495 e. The van der Waals surface area contributed by atoms with E-state index in [0.717, 1.165) is 27.1 Å². The monoisotopic (exact) mass is 468 g/mol. The summed E-state index contributed by atoms with van der Waals surface area (Å²) in [6, 6.07) is 16.8. The fourth-order valence-electron chi connectivity index (χ4n) is 3.04. The zero-order valence-electron chi connectivity index (χ0n) is 16.8. The molecule has 0 unspecified atom stereocenters. The molecule has 0 saturated carbocycles. The molecular weight excluding hydrogens is 448 g/mol. The van der Waals surface area contributed by atoms with Crippen LogP contribution in [0.3, 0.4) is 0 Å². The van der Waals surface area contributed by atoms with E-state index in [2.05, 4.69) is 36.3 Å². The minimum atomic E-state index is -0.876. The van der Waals surface area contributed by atoms with Crippen LogP contribution in [-0.2, 0) is 9.59 Å². The van der Waals surface area contributed by atoms with Gasteiger partial charge in [-0.05, 0) is 56.3 Å². The van der Waals surface area contributed by atoms with Gasteiger partial charge in [0, 0.05) is 27.1 Å². The van der Waals surface area contributed by atoms with Gasteiger partial charge in [-0.15, -0.1) is 0 Å². The molecule has 7 nitrogen and oxygen atoms in total. The molecule has 0 spiro atoms. The average Bonchev–Trinajstić information content (AvgIpc) is 3.02. The summed E-state index contributed by atoms with van der Waals surface area (Å²) in [6.07, 6.45) is 1.52. The van der Waals surface area contributed by atoms with Crippen molar-refractivity contribution in [1.29, 1.82) is 0 Å². The molecule has 0 aliphatic carbocycles. The molecule has 3 aromatic rings. The molecule has 1 aromatic heterocycles. The number of halogens is 1. The molecule has 2 aromatic carbocycles. The van der Waals surface area contributed by atoms with Crippen molar-refractivity contribution in [2.24, 2.45) is 5.10 Å². The third-order valence-corrected chi connectivity index (χ3v) is 5.01. The Morgan fingerprint density at radius 2 is 1.77 bits per heavy atom. The Bertz CT molecular complexity index is 1100. The molecular formula is C22H21BrN4O3. The van der Waals surface area contributed by atoms with Gasteiger partial charge in [0.05, 0.1) is 19.0 Å². The first-order valence-corrected chi connectivity index (χ1v) is 9.92. The van der Waals surface area contributed by atoms with Gasteiger partial charge in [0.1, 0.15) is 5.75 Å². The Hall–Kier alpha value is -3.39. The average molecular weight is 469 g/mol. The van der Waals surface area contributed by atoms with Gasteiger partial charge in [0.2, 0.25) is 0 Å². The lowest BCUT2D eigenvalue weighted by molar-refractivity contribution is -0.136. The second-order valence-corrected chi connectivity index (χ2v) is 7.41. The predicted molar refractivity (Wildman–Crippen MR) is 120 cm³/mol. The predicted octanol–water partition coefficient (Wildman–Crippen LogP) is 3.95. The molecule has 0 bridgehead atoms. The van der Waals surface area contributed by atoms with E-state index >= 15 is 0 Å². The molecule has 2 amide bonds. The quantitative estimate of drug-likeness (QED) is 0.337. The minimum Gasteiger partial charge on any atom is -0.495 e. The molecule has 30 heavy (non-hydrogen) atoms. The van der Waals surface area contributed by atoms with E-state index in [1.165, 1.54) is 13.3 Å². The van der Waals surface area contributed by atoms with Crippen molar-refractivity contribution < 1.29 is 14.3 Å². The van der Waals surface area contributed by atoms with E-state index in [4.69, 9.17) is 4.74 Å². The second-order valence-electron chi connectivity index (χ2n) is 6.49. The maximum atomic E-state index is 12.1. The molecule has 154 valence electrons. The Labute approximate surface area is 182 Å². The number of aryl methyl sites for hydroxylation is 1. The van der Waals surface area contributed by atoms with Crippen molar-refractivity contribution in [2.45, 2.75) is 13.8 Å². The standard InChI is InChI=1S/C22H21BrN4O3/c1-14-12-16(15(2)27(14)18-10-8-17(23)9-11-18)13-24-26-22(29)21(28)25-19-6-4-5-7-20(19)30-3/h4-13H,1-3H3,(H,25,28)(H,26,29)/b24-13-. The van der Waals surface area contributed by atoms with Crippen LogP contribution in [0.5, 0.6) is 5.75 Å². The molecule has 8 heteroatoms. The number of nitrogens with one attached hydrogen (secondary N) is 2. The van der Waals surface area contributed by atoms with E-state index in [1.807, 2.05) is 44.2 Å². The van der Waals surface area contributed by atoms with E-state index in [-0.39, 0.29) is 0 Å². The summed E-state index contributed by atoms with van der Waals surface area (Å²) in [5.74, 6) is -1.25. The fourth-order valence-corrected chi connectivity index (χ4v) is 3.31. The number of rotatable bonds is 5. The first kappa shape index (κ1) is 21.3. The summed E-state index contributed by atoms with van der Waals surface area (Å²) in [5, 5.41) is 6.44. The van der Waals surface area contributed by atoms with Gasteiger partial charge >= 0.3 is 11.8 Å². The second kappa shape index (κ2) is 9.41. The molecule has 0 radical (unpaired) electrons. The highest BCUT2D eigenvalue weighted by molar-refractivity contribution is 9.10. The summed E-state index contributed by atoms with van der Waals surface area (Å²) in [4.78, 5) is 24.2. The van der Waals surface area contributed by atoms with Gasteiger partial charge in [-0.25, -0.2) is 5.43 Å².